The van der Waals surface area contributed by atoms with Gasteiger partial charge >= 0.3 is 6.18 Å². The zero-order valence-corrected chi connectivity index (χ0v) is 19.5. The molecule has 0 bridgehead atoms. The van der Waals surface area contributed by atoms with E-state index < -0.39 is 35.8 Å². The fraction of sp³-hybridized carbons (Fsp3) is 0.200. The number of rotatable bonds is 4. The molecular weight excluding hydrogens is 509 g/mol. The van der Waals surface area contributed by atoms with E-state index in [1.54, 1.807) is 9.08 Å². The fourth-order valence-corrected chi connectivity index (χ4v) is 4.77. The number of nitrogens with zero attached hydrogens (tertiary/aromatic N) is 6. The number of alkyl halides is 3. The molecule has 0 aliphatic carbocycles. The van der Waals surface area contributed by atoms with Gasteiger partial charge in [-0.15, -0.1) is 0 Å². The van der Waals surface area contributed by atoms with Gasteiger partial charge in [-0.3, -0.25) is 13.9 Å². The number of amides is 1. The molecule has 6 rings (SSSR count). The van der Waals surface area contributed by atoms with Crippen LogP contribution in [0.25, 0.3) is 16.6 Å². The lowest BCUT2D eigenvalue weighted by atomic mass is 10.1. The van der Waals surface area contributed by atoms with Crippen molar-refractivity contribution < 1.29 is 26.7 Å². The third-order valence-electron chi connectivity index (χ3n) is 6.65. The smallest absolute Gasteiger partial charge is 0.382 e. The molecule has 1 aliphatic heterocycles. The summed E-state index contributed by atoms with van der Waals surface area (Å²) in [5.74, 6) is -2.73. The van der Waals surface area contributed by atoms with E-state index in [0.29, 0.717) is 41.4 Å². The fourth-order valence-electron chi connectivity index (χ4n) is 4.77. The maximum Gasteiger partial charge on any atom is 0.416 e. The molecule has 1 amide bonds. The van der Waals surface area contributed by atoms with Crippen LogP contribution in [0.2, 0.25) is 0 Å². The molecule has 3 aromatic heterocycles. The Labute approximate surface area is 211 Å². The van der Waals surface area contributed by atoms with Crippen molar-refractivity contribution in [2.24, 2.45) is 0 Å². The third-order valence-corrected chi connectivity index (χ3v) is 6.65. The van der Waals surface area contributed by atoms with Crippen molar-refractivity contribution in [1.82, 2.24) is 24.1 Å². The molecule has 5 aromatic rings. The van der Waals surface area contributed by atoms with Crippen molar-refractivity contribution >= 4 is 34.0 Å². The van der Waals surface area contributed by atoms with Crippen LogP contribution in [0.5, 0.6) is 0 Å². The van der Waals surface area contributed by atoms with E-state index in [2.05, 4.69) is 15.1 Å². The van der Waals surface area contributed by atoms with Gasteiger partial charge in [0.25, 0.3) is 5.91 Å². The second kappa shape index (κ2) is 8.50. The number of anilines is 2. The summed E-state index contributed by atoms with van der Waals surface area (Å²) in [7, 11) is 0. The van der Waals surface area contributed by atoms with E-state index in [0.717, 1.165) is 29.5 Å². The van der Waals surface area contributed by atoms with E-state index in [1.165, 1.54) is 24.8 Å². The quantitative estimate of drug-likeness (QED) is 0.341. The molecule has 0 saturated carbocycles. The molecule has 0 fully saturated rings. The van der Waals surface area contributed by atoms with Gasteiger partial charge in [0.1, 0.15) is 23.0 Å². The van der Waals surface area contributed by atoms with E-state index in [9.17, 15) is 22.4 Å². The van der Waals surface area contributed by atoms with Crippen molar-refractivity contribution in [2.75, 3.05) is 10.6 Å². The molecule has 2 aromatic carbocycles. The maximum absolute atomic E-state index is 15.3. The van der Waals surface area contributed by atoms with Crippen LogP contribution in [0.1, 0.15) is 33.6 Å². The second-order valence-electron chi connectivity index (χ2n) is 8.97. The Hall–Kier alpha value is -4.55. The Morgan fingerprint density at radius 2 is 1.89 bits per heavy atom. The van der Waals surface area contributed by atoms with Crippen LogP contribution in [0.15, 0.2) is 49.1 Å². The Morgan fingerprint density at radius 3 is 2.66 bits per heavy atom. The number of imidazole rings is 1. The van der Waals surface area contributed by atoms with Gasteiger partial charge in [-0.2, -0.15) is 18.3 Å². The molecule has 0 spiro atoms. The van der Waals surface area contributed by atoms with Crippen LogP contribution in [0.3, 0.4) is 0 Å². The first-order valence-corrected chi connectivity index (χ1v) is 11.5. The van der Waals surface area contributed by atoms with Crippen LogP contribution in [0.4, 0.5) is 33.5 Å². The number of fused-ring (bicyclic) bond motifs is 4. The number of nitrogen functional groups attached to an aromatic ring is 1. The molecular formula is C25H18F5N7O. The van der Waals surface area contributed by atoms with Crippen molar-refractivity contribution in [3.8, 4) is 0 Å². The zero-order valence-electron chi connectivity index (χ0n) is 19.5. The topological polar surface area (TPSA) is 94.3 Å². The first kappa shape index (κ1) is 23.8. The highest BCUT2D eigenvalue weighted by atomic mass is 19.4. The van der Waals surface area contributed by atoms with Crippen LogP contribution in [0, 0.1) is 11.6 Å². The number of hydrogen-bond donors (Lipinski definition) is 1. The van der Waals surface area contributed by atoms with Gasteiger partial charge in [0.2, 0.25) is 0 Å². The number of aromatic nitrogens is 5. The molecule has 0 unspecified atom stereocenters. The highest BCUT2D eigenvalue weighted by Crippen LogP contribution is 2.33. The van der Waals surface area contributed by atoms with Gasteiger partial charge in [0.05, 0.1) is 58.8 Å². The van der Waals surface area contributed by atoms with Gasteiger partial charge in [-0.1, -0.05) is 6.07 Å². The lowest BCUT2D eigenvalue weighted by molar-refractivity contribution is -0.137. The number of aryl methyl sites for hydroxylation is 1. The molecule has 0 radical (unpaired) electrons. The normalized spacial score (nSPS) is 13.4. The summed E-state index contributed by atoms with van der Waals surface area (Å²) < 4.78 is 72.6. The number of carbonyl (C=O) groups excluding carboxylic acids is 1. The third kappa shape index (κ3) is 3.81. The Balaban J connectivity index is 1.47. The number of hydrogen-bond acceptors (Lipinski definition) is 5. The number of halogens is 5. The van der Waals surface area contributed by atoms with Gasteiger partial charge in [-0.05, 0) is 31.0 Å². The van der Waals surface area contributed by atoms with Crippen LogP contribution >= 0.6 is 0 Å². The van der Waals surface area contributed by atoms with Crippen molar-refractivity contribution in [1.29, 1.82) is 0 Å². The number of benzene rings is 2. The van der Waals surface area contributed by atoms with E-state index >= 15 is 4.39 Å². The first-order chi connectivity index (χ1) is 18.1. The monoisotopic (exact) mass is 527 g/mol. The predicted octanol–water partition coefficient (Wildman–Crippen LogP) is 4.75. The Kier molecular flexibility index (Phi) is 5.33. The molecule has 0 atom stereocenters. The number of carbonyl (C=O) groups is 1. The lowest BCUT2D eigenvalue weighted by Gasteiger charge is -2.24. The minimum atomic E-state index is -4.73. The van der Waals surface area contributed by atoms with E-state index in [-0.39, 0.29) is 22.5 Å². The van der Waals surface area contributed by atoms with Crippen LogP contribution in [-0.4, -0.2) is 30.1 Å². The van der Waals surface area contributed by atoms with Crippen molar-refractivity contribution in [3.05, 3.63) is 83.1 Å². The molecule has 194 valence electrons. The van der Waals surface area contributed by atoms with E-state index in [1.807, 2.05) is 0 Å². The molecule has 38 heavy (non-hydrogen) atoms. The summed E-state index contributed by atoms with van der Waals surface area (Å²) in [5.41, 5.74) is 6.29. The minimum absolute atomic E-state index is 0.128. The van der Waals surface area contributed by atoms with Gasteiger partial charge in [0, 0.05) is 18.2 Å². The van der Waals surface area contributed by atoms with E-state index in [4.69, 9.17) is 5.73 Å². The molecule has 4 heterocycles. The average Bonchev–Trinajstić information content (AvgIpc) is 3.60. The molecule has 8 nitrogen and oxygen atoms in total. The second-order valence-corrected chi connectivity index (χ2v) is 8.97. The standard InChI is InChI=1S/C25H18F5N7O/c26-16-6-14(25(28,29)30)4-3-13(16)11-35(21-10-33-37-5-1-2-19(21)37)24(38)15-7-20-18(8-17(15)27)34-23(31)22-9-32-12-36(20)22/h3-4,6-10,12H,1-2,5,11H2,(H2,31,34). The molecule has 2 N–H and O–H groups in total. The molecule has 13 heteroatoms. The highest BCUT2D eigenvalue weighted by molar-refractivity contribution is 6.08. The average molecular weight is 527 g/mol. The summed E-state index contributed by atoms with van der Waals surface area (Å²) in [6, 6.07) is 4.46. The van der Waals surface area contributed by atoms with Gasteiger partial charge in [-0.25, -0.2) is 18.7 Å². The predicted molar refractivity (Wildman–Crippen MR) is 127 cm³/mol. The lowest BCUT2D eigenvalue weighted by Crippen LogP contribution is -2.32. The minimum Gasteiger partial charge on any atom is -0.382 e. The summed E-state index contributed by atoms with van der Waals surface area (Å²) in [6.45, 7) is 0.168. The zero-order chi connectivity index (χ0) is 26.8. The van der Waals surface area contributed by atoms with Crippen LogP contribution in [-0.2, 0) is 25.7 Å². The van der Waals surface area contributed by atoms with Gasteiger partial charge < -0.3 is 10.6 Å². The van der Waals surface area contributed by atoms with Gasteiger partial charge in [0.15, 0.2) is 0 Å². The van der Waals surface area contributed by atoms with Crippen LogP contribution < -0.4 is 10.6 Å². The molecule has 1 aliphatic rings. The van der Waals surface area contributed by atoms with Crippen molar-refractivity contribution in [3.63, 3.8) is 0 Å². The largest absolute Gasteiger partial charge is 0.416 e. The van der Waals surface area contributed by atoms with Crippen molar-refractivity contribution in [2.45, 2.75) is 32.1 Å². The summed E-state index contributed by atoms with van der Waals surface area (Å²) >= 11 is 0. The Morgan fingerprint density at radius 1 is 1.08 bits per heavy atom. The summed E-state index contributed by atoms with van der Waals surface area (Å²) in [4.78, 5) is 23.2. The first-order valence-electron chi connectivity index (χ1n) is 11.5. The highest BCUT2D eigenvalue weighted by Gasteiger charge is 2.33. The SMILES string of the molecule is Nc1nc2cc(F)c(C(=O)N(Cc3ccc(C(F)(F)F)cc3F)c3cnn4c3CCC4)cc2n2cncc12. The summed E-state index contributed by atoms with van der Waals surface area (Å²) in [5, 5.41) is 4.27. The molecule has 0 saturated heterocycles. The summed E-state index contributed by atoms with van der Waals surface area (Å²) in [6.07, 6.45) is 0.955. The Bertz CT molecular complexity index is 1740. The maximum atomic E-state index is 15.3. The number of nitrogens with two attached hydrogens (primary N) is 1.